The van der Waals surface area contributed by atoms with Crippen molar-refractivity contribution >= 4 is 0 Å². The third-order valence-corrected chi connectivity index (χ3v) is 3.85. The monoisotopic (exact) mass is 238 g/mol. The first kappa shape index (κ1) is 14.3. The highest BCUT2D eigenvalue weighted by molar-refractivity contribution is 4.68. The summed E-state index contributed by atoms with van der Waals surface area (Å²) in [5, 5.41) is 11.7. The lowest BCUT2D eigenvalue weighted by molar-refractivity contribution is 0.435. The minimum Gasteiger partial charge on any atom is -0.0533 e. The van der Waals surface area contributed by atoms with E-state index in [0.29, 0.717) is 6.04 Å². The van der Waals surface area contributed by atoms with Crippen LogP contribution in [0.1, 0.15) is 83.5 Å². The predicted molar refractivity (Wildman–Crippen MR) is 72.0 cm³/mol. The summed E-state index contributed by atoms with van der Waals surface area (Å²) in [5.74, 6) is 0. The van der Waals surface area contributed by atoms with Gasteiger partial charge in [-0.1, -0.05) is 70.6 Å². The highest BCUT2D eigenvalue weighted by Crippen LogP contribution is 2.16. The fourth-order valence-corrected chi connectivity index (χ4v) is 2.73. The van der Waals surface area contributed by atoms with Crippen molar-refractivity contribution < 1.29 is 0 Å². The molecule has 0 aromatic heterocycles. The first-order chi connectivity index (χ1) is 8.43. The lowest BCUT2D eigenvalue weighted by Crippen LogP contribution is -2.22. The largest absolute Gasteiger partial charge is 0.303 e. The maximum atomic E-state index is 8.60. The molecule has 1 saturated carbocycles. The van der Waals surface area contributed by atoms with Gasteiger partial charge in [0.1, 0.15) is 6.04 Å². The van der Waals surface area contributed by atoms with E-state index in [-0.39, 0.29) is 0 Å². The van der Waals surface area contributed by atoms with Crippen molar-refractivity contribution in [1.82, 2.24) is 5.43 Å². The van der Waals surface area contributed by atoms with Crippen LogP contribution in [-0.2, 0) is 0 Å². The van der Waals surface area contributed by atoms with E-state index < -0.39 is 0 Å². The van der Waals surface area contributed by atoms with Crippen LogP contribution in [0.25, 0.3) is 5.08 Å². The van der Waals surface area contributed by atoms with Gasteiger partial charge in [0.2, 0.25) is 0 Å². The third kappa shape index (κ3) is 8.01. The van der Waals surface area contributed by atoms with Gasteiger partial charge in [0.05, 0.1) is 0 Å². The van der Waals surface area contributed by atoms with E-state index in [1.807, 2.05) is 0 Å². The molecule has 3 nitrogen and oxygen atoms in total. The molecular weight excluding hydrogens is 210 g/mol. The van der Waals surface area contributed by atoms with Gasteiger partial charge in [-0.15, -0.1) is 0 Å². The summed E-state index contributed by atoms with van der Waals surface area (Å²) in [5.41, 5.74) is 2.84. The van der Waals surface area contributed by atoms with Gasteiger partial charge in [-0.3, -0.25) is 0 Å². The minimum absolute atomic E-state index is 0.392. The minimum atomic E-state index is 0.392. The van der Waals surface area contributed by atoms with Gasteiger partial charge in [-0.2, -0.15) is 0 Å². The van der Waals surface area contributed by atoms with Crippen LogP contribution in [0.2, 0.25) is 0 Å². The number of rotatable bonds is 1. The first-order valence-electron chi connectivity index (χ1n) is 7.53. The molecule has 1 aliphatic rings. The average Bonchev–Trinajstić information content (AvgIpc) is 2.34. The van der Waals surface area contributed by atoms with Crippen molar-refractivity contribution in [1.29, 1.82) is 5.39 Å². The summed E-state index contributed by atoms with van der Waals surface area (Å²) >= 11 is 0. The van der Waals surface area contributed by atoms with Crippen molar-refractivity contribution in [3.63, 3.8) is 0 Å². The Labute approximate surface area is 106 Å². The van der Waals surface area contributed by atoms with Gasteiger partial charge in [0.15, 0.2) is 0 Å². The summed E-state index contributed by atoms with van der Waals surface area (Å²) in [6.07, 6.45) is 17.4. The Kier molecular flexibility index (Phi) is 8.72. The maximum Gasteiger partial charge on any atom is 0.303 e. The van der Waals surface area contributed by atoms with Crippen LogP contribution in [0.4, 0.5) is 0 Å². The normalized spacial score (nSPS) is 22.3. The molecule has 1 fully saturated rings. The quantitative estimate of drug-likeness (QED) is 0.526. The summed E-state index contributed by atoms with van der Waals surface area (Å²) in [6.45, 7) is 0. The standard InChI is InChI=1S/C14H28N3/c15-17-16-14-12-10-8-6-4-2-1-3-5-7-9-11-13-14/h14,16H,1-13H2/q+1. The Bertz CT molecular complexity index is 196. The fourth-order valence-electron chi connectivity index (χ4n) is 2.73. The molecule has 0 aromatic carbocycles. The van der Waals surface area contributed by atoms with E-state index in [1.54, 1.807) is 0 Å². The molecule has 17 heavy (non-hydrogen) atoms. The predicted octanol–water partition coefficient (Wildman–Crippen LogP) is 4.80. The molecule has 0 aliphatic heterocycles. The number of nitrogens with one attached hydrogen (secondary N) is 1. The van der Waals surface area contributed by atoms with Crippen LogP contribution in [0.5, 0.6) is 0 Å². The molecule has 0 spiro atoms. The maximum absolute atomic E-state index is 8.60. The number of hydrogen-bond donors (Lipinski definition) is 1. The van der Waals surface area contributed by atoms with Gasteiger partial charge in [0, 0.05) is 0 Å². The summed E-state index contributed by atoms with van der Waals surface area (Å²) in [6, 6.07) is 0.392. The second kappa shape index (κ2) is 10.4. The van der Waals surface area contributed by atoms with Crippen LogP contribution >= 0.6 is 0 Å². The molecule has 0 radical (unpaired) electrons. The summed E-state index contributed by atoms with van der Waals surface area (Å²) < 4.78 is 0. The zero-order chi connectivity index (χ0) is 12.2. The molecule has 1 aliphatic carbocycles. The highest BCUT2D eigenvalue weighted by atomic mass is 15.3. The Balaban J connectivity index is 2.22. The van der Waals surface area contributed by atoms with E-state index in [0.717, 1.165) is 12.8 Å². The molecule has 0 bridgehead atoms. The van der Waals surface area contributed by atoms with Crippen LogP contribution in [0.3, 0.4) is 0 Å². The van der Waals surface area contributed by atoms with Gasteiger partial charge in [-0.25, -0.2) is 0 Å². The smallest absolute Gasteiger partial charge is 0.0533 e. The zero-order valence-electron chi connectivity index (χ0n) is 11.2. The zero-order valence-corrected chi connectivity index (χ0v) is 11.2. The SMILES string of the molecule is N#[N+]NC1CCCCCCCCCCCCC1. The van der Waals surface area contributed by atoms with Crippen molar-refractivity contribution in [3.05, 3.63) is 5.08 Å². The molecule has 0 atom stereocenters. The molecule has 0 heterocycles. The number of hydrogen-bond acceptors (Lipinski definition) is 2. The van der Waals surface area contributed by atoms with Gasteiger partial charge in [-0.05, 0) is 18.3 Å². The molecule has 0 unspecified atom stereocenters. The molecule has 1 rings (SSSR count). The highest BCUT2D eigenvalue weighted by Gasteiger charge is 2.12. The molecular formula is C14H28N3+. The Hall–Kier alpha value is -0.780. The van der Waals surface area contributed by atoms with Crippen LogP contribution in [-0.4, -0.2) is 6.04 Å². The van der Waals surface area contributed by atoms with Crippen LogP contribution in [0.15, 0.2) is 0 Å². The lowest BCUT2D eigenvalue weighted by Gasteiger charge is -2.10. The summed E-state index contributed by atoms with van der Waals surface area (Å²) in [4.78, 5) is 0. The van der Waals surface area contributed by atoms with E-state index >= 15 is 0 Å². The van der Waals surface area contributed by atoms with Gasteiger partial charge >= 0.3 is 5.08 Å². The fraction of sp³-hybridized carbons (Fsp3) is 1.00. The molecule has 0 amide bonds. The van der Waals surface area contributed by atoms with E-state index in [9.17, 15) is 0 Å². The van der Waals surface area contributed by atoms with Crippen molar-refractivity contribution in [2.24, 2.45) is 0 Å². The molecule has 0 aromatic rings. The van der Waals surface area contributed by atoms with Gasteiger partial charge < -0.3 is 0 Å². The Morgan fingerprint density at radius 3 is 1.35 bits per heavy atom. The van der Waals surface area contributed by atoms with E-state index in [1.165, 1.54) is 70.6 Å². The van der Waals surface area contributed by atoms with Crippen molar-refractivity contribution in [2.75, 3.05) is 0 Å². The summed E-state index contributed by atoms with van der Waals surface area (Å²) in [7, 11) is 0. The topological polar surface area (TPSA) is 40.2 Å². The third-order valence-electron chi connectivity index (χ3n) is 3.85. The molecule has 98 valence electrons. The second-order valence-corrected chi connectivity index (χ2v) is 5.39. The van der Waals surface area contributed by atoms with E-state index in [2.05, 4.69) is 10.5 Å². The molecule has 3 heteroatoms. The molecule has 1 N–H and O–H groups in total. The van der Waals surface area contributed by atoms with Crippen LogP contribution in [0, 0.1) is 5.39 Å². The average molecular weight is 238 g/mol. The second-order valence-electron chi connectivity index (χ2n) is 5.39. The van der Waals surface area contributed by atoms with Crippen molar-refractivity contribution in [3.8, 4) is 0 Å². The van der Waals surface area contributed by atoms with Crippen molar-refractivity contribution in [2.45, 2.75) is 89.5 Å². The lowest BCUT2D eigenvalue weighted by atomic mass is 9.99. The Morgan fingerprint density at radius 1 is 0.647 bits per heavy atom. The molecule has 0 saturated heterocycles. The van der Waals surface area contributed by atoms with E-state index in [4.69, 9.17) is 5.39 Å². The van der Waals surface area contributed by atoms with Crippen LogP contribution < -0.4 is 5.43 Å². The number of nitrogens with zero attached hydrogens (tertiary/aromatic N) is 2. The number of diazo groups is 1. The van der Waals surface area contributed by atoms with Gasteiger partial charge in [0.25, 0.3) is 5.39 Å². The first-order valence-corrected chi connectivity index (χ1v) is 7.53. The Morgan fingerprint density at radius 2 is 1.00 bits per heavy atom.